The molecule has 0 radical (unpaired) electrons. The summed E-state index contributed by atoms with van der Waals surface area (Å²) < 4.78 is 27.8. The van der Waals surface area contributed by atoms with Crippen LogP contribution in [0.4, 0.5) is 8.78 Å². The first-order valence-electron chi connectivity index (χ1n) is 4.84. The van der Waals surface area contributed by atoms with Gasteiger partial charge < -0.3 is 15.8 Å². The van der Waals surface area contributed by atoms with E-state index >= 15 is 0 Å². The molecule has 90 valence electrons. The van der Waals surface area contributed by atoms with E-state index in [1.165, 1.54) is 0 Å². The number of nitrogens with one attached hydrogen (secondary N) is 1. The molecule has 4 nitrogen and oxygen atoms in total. The van der Waals surface area contributed by atoms with E-state index in [1.807, 2.05) is 13.8 Å². The van der Waals surface area contributed by atoms with Crippen molar-refractivity contribution in [3.05, 3.63) is 0 Å². The minimum absolute atomic E-state index is 0.0481. The predicted molar refractivity (Wildman–Crippen MR) is 52.6 cm³/mol. The van der Waals surface area contributed by atoms with Crippen LogP contribution in [-0.2, 0) is 9.53 Å². The summed E-state index contributed by atoms with van der Waals surface area (Å²) in [7, 11) is 0. The number of carbonyl (C=O) groups is 1. The molecule has 6 heteroatoms. The maximum Gasteiger partial charge on any atom is 0.261 e. The fourth-order valence-corrected chi connectivity index (χ4v) is 0.839. The average molecular weight is 224 g/mol. The van der Waals surface area contributed by atoms with Gasteiger partial charge in [-0.05, 0) is 5.92 Å². The minimum Gasteiger partial charge on any atom is -0.374 e. The molecular weight excluding hydrogens is 206 g/mol. The molecular formula is C9H18F2N2O2. The van der Waals surface area contributed by atoms with Crippen molar-refractivity contribution < 1.29 is 18.3 Å². The van der Waals surface area contributed by atoms with E-state index in [2.05, 4.69) is 10.1 Å². The molecule has 0 aromatic rings. The van der Waals surface area contributed by atoms with Crippen LogP contribution in [0.5, 0.6) is 0 Å². The van der Waals surface area contributed by atoms with Crippen LogP contribution in [0.15, 0.2) is 0 Å². The second-order valence-corrected chi connectivity index (χ2v) is 3.53. The molecule has 0 rings (SSSR count). The van der Waals surface area contributed by atoms with E-state index in [-0.39, 0.29) is 25.0 Å². The maximum atomic E-state index is 11.6. The standard InChI is InChI=1S/C9H18F2N2O2/c1-6(2)8(12)9(14)13-3-4-15-5-7(10)11/h6-8H,3-5,12H2,1-2H3,(H,13,14)/t8-/m0/s1. The largest absolute Gasteiger partial charge is 0.374 e. The van der Waals surface area contributed by atoms with Gasteiger partial charge in [-0.25, -0.2) is 8.78 Å². The Kier molecular flexibility index (Phi) is 7.15. The van der Waals surface area contributed by atoms with E-state index in [4.69, 9.17) is 5.73 Å². The Bertz CT molecular complexity index is 189. The fraction of sp³-hybridized carbons (Fsp3) is 0.889. The molecule has 15 heavy (non-hydrogen) atoms. The number of carbonyl (C=O) groups excluding carboxylic acids is 1. The number of rotatable bonds is 7. The zero-order valence-corrected chi connectivity index (χ0v) is 9.00. The Morgan fingerprint density at radius 1 is 1.47 bits per heavy atom. The summed E-state index contributed by atoms with van der Waals surface area (Å²) in [5, 5.41) is 2.50. The number of ether oxygens (including phenoxy) is 1. The number of hydrogen-bond acceptors (Lipinski definition) is 3. The maximum absolute atomic E-state index is 11.6. The fourth-order valence-electron chi connectivity index (χ4n) is 0.839. The van der Waals surface area contributed by atoms with Gasteiger partial charge in [-0.1, -0.05) is 13.8 Å². The Balaban J connectivity index is 3.47. The molecule has 1 atom stereocenters. The van der Waals surface area contributed by atoms with Crippen LogP contribution in [-0.4, -0.2) is 38.1 Å². The second kappa shape index (κ2) is 7.53. The number of halogens is 2. The Morgan fingerprint density at radius 2 is 2.07 bits per heavy atom. The molecule has 1 amide bonds. The lowest BCUT2D eigenvalue weighted by atomic mass is 10.1. The van der Waals surface area contributed by atoms with Crippen molar-refractivity contribution in [2.75, 3.05) is 19.8 Å². The Labute approximate surface area is 88.2 Å². The van der Waals surface area contributed by atoms with Gasteiger partial charge in [0.15, 0.2) is 0 Å². The van der Waals surface area contributed by atoms with Crippen LogP contribution in [0.2, 0.25) is 0 Å². The molecule has 0 unspecified atom stereocenters. The van der Waals surface area contributed by atoms with Gasteiger partial charge in [-0.3, -0.25) is 4.79 Å². The monoisotopic (exact) mass is 224 g/mol. The molecule has 0 aromatic carbocycles. The van der Waals surface area contributed by atoms with Gasteiger partial charge in [-0.15, -0.1) is 0 Å². The van der Waals surface area contributed by atoms with Crippen LogP contribution < -0.4 is 11.1 Å². The second-order valence-electron chi connectivity index (χ2n) is 3.53. The highest BCUT2D eigenvalue weighted by atomic mass is 19.3. The summed E-state index contributed by atoms with van der Waals surface area (Å²) in [6, 6.07) is -0.569. The molecule has 0 aliphatic rings. The summed E-state index contributed by atoms with van der Waals surface area (Å²) in [6.07, 6.45) is -2.47. The first kappa shape index (κ1) is 14.2. The lowest BCUT2D eigenvalue weighted by molar-refractivity contribution is -0.123. The van der Waals surface area contributed by atoms with Crippen molar-refractivity contribution in [1.82, 2.24) is 5.32 Å². The summed E-state index contributed by atoms with van der Waals surface area (Å²) in [4.78, 5) is 11.2. The van der Waals surface area contributed by atoms with Gasteiger partial charge in [0.2, 0.25) is 5.91 Å². The molecule has 0 aromatic heterocycles. The highest BCUT2D eigenvalue weighted by molar-refractivity contribution is 5.81. The normalized spacial score (nSPS) is 13.3. The number of alkyl halides is 2. The van der Waals surface area contributed by atoms with Crippen molar-refractivity contribution in [1.29, 1.82) is 0 Å². The zero-order chi connectivity index (χ0) is 11.8. The first-order valence-corrected chi connectivity index (χ1v) is 4.84. The number of amides is 1. The highest BCUT2D eigenvalue weighted by Crippen LogP contribution is 1.97. The lowest BCUT2D eigenvalue weighted by Gasteiger charge is -2.15. The summed E-state index contributed by atoms with van der Waals surface area (Å²) >= 11 is 0. The summed E-state index contributed by atoms with van der Waals surface area (Å²) in [6.45, 7) is 3.33. The molecule has 0 heterocycles. The van der Waals surface area contributed by atoms with Gasteiger partial charge in [-0.2, -0.15) is 0 Å². The molecule has 0 spiro atoms. The van der Waals surface area contributed by atoms with Crippen molar-refractivity contribution in [3.63, 3.8) is 0 Å². The van der Waals surface area contributed by atoms with E-state index in [0.717, 1.165) is 0 Å². The van der Waals surface area contributed by atoms with Crippen molar-refractivity contribution in [2.24, 2.45) is 11.7 Å². The Hall–Kier alpha value is -0.750. The third kappa shape index (κ3) is 7.21. The molecule has 0 aliphatic heterocycles. The first-order chi connectivity index (χ1) is 6.95. The van der Waals surface area contributed by atoms with Gasteiger partial charge in [0.1, 0.15) is 6.61 Å². The third-order valence-electron chi connectivity index (χ3n) is 1.81. The van der Waals surface area contributed by atoms with Gasteiger partial charge in [0.05, 0.1) is 12.6 Å². The van der Waals surface area contributed by atoms with Crippen LogP contribution in [0.3, 0.4) is 0 Å². The number of nitrogens with two attached hydrogens (primary N) is 1. The van der Waals surface area contributed by atoms with Crippen LogP contribution in [0.1, 0.15) is 13.8 Å². The van der Waals surface area contributed by atoms with E-state index in [0.29, 0.717) is 0 Å². The molecule has 0 fully saturated rings. The quantitative estimate of drug-likeness (QED) is 0.614. The van der Waals surface area contributed by atoms with Gasteiger partial charge >= 0.3 is 0 Å². The van der Waals surface area contributed by atoms with Crippen LogP contribution >= 0.6 is 0 Å². The lowest BCUT2D eigenvalue weighted by Crippen LogP contribution is -2.44. The molecule has 0 saturated carbocycles. The van der Waals surface area contributed by atoms with E-state index in [9.17, 15) is 13.6 Å². The van der Waals surface area contributed by atoms with Gasteiger partial charge in [0.25, 0.3) is 6.43 Å². The smallest absolute Gasteiger partial charge is 0.261 e. The predicted octanol–water partition coefficient (Wildman–Crippen LogP) is 0.368. The van der Waals surface area contributed by atoms with Crippen molar-refractivity contribution in [2.45, 2.75) is 26.3 Å². The highest BCUT2D eigenvalue weighted by Gasteiger charge is 2.16. The average Bonchev–Trinajstić information content (AvgIpc) is 2.15. The van der Waals surface area contributed by atoms with Gasteiger partial charge in [0, 0.05) is 6.54 Å². The summed E-state index contributed by atoms with van der Waals surface area (Å²) in [5.41, 5.74) is 5.55. The third-order valence-corrected chi connectivity index (χ3v) is 1.81. The minimum atomic E-state index is -2.47. The molecule has 0 aliphatic carbocycles. The van der Waals surface area contributed by atoms with Crippen molar-refractivity contribution in [3.8, 4) is 0 Å². The van der Waals surface area contributed by atoms with E-state index < -0.39 is 19.1 Å². The van der Waals surface area contributed by atoms with Crippen LogP contribution in [0.25, 0.3) is 0 Å². The summed E-state index contributed by atoms with van der Waals surface area (Å²) in [5.74, 6) is -0.238. The van der Waals surface area contributed by atoms with E-state index in [1.54, 1.807) is 0 Å². The Morgan fingerprint density at radius 3 is 2.53 bits per heavy atom. The van der Waals surface area contributed by atoms with Crippen molar-refractivity contribution >= 4 is 5.91 Å². The van der Waals surface area contributed by atoms with Crippen LogP contribution in [0, 0.1) is 5.92 Å². The molecule has 0 saturated heterocycles. The number of hydrogen-bond donors (Lipinski definition) is 2. The molecule has 3 N–H and O–H groups in total. The topological polar surface area (TPSA) is 64.4 Å². The SMILES string of the molecule is CC(C)[C@H](N)C(=O)NCCOCC(F)F. The molecule has 0 bridgehead atoms. The zero-order valence-electron chi connectivity index (χ0n) is 9.00.